The predicted molar refractivity (Wildman–Crippen MR) is 127 cm³/mol. The number of thioether (sulfide) groups is 1. The van der Waals surface area contributed by atoms with Crippen LogP contribution in [-0.4, -0.2) is 32.9 Å². The quantitative estimate of drug-likeness (QED) is 0.418. The number of hydrogen-bond acceptors (Lipinski definition) is 7. The van der Waals surface area contributed by atoms with Gasteiger partial charge in [-0.15, -0.1) is 11.3 Å². The van der Waals surface area contributed by atoms with Crippen LogP contribution >= 0.6 is 23.1 Å². The van der Waals surface area contributed by atoms with Crippen LogP contribution in [0.2, 0.25) is 0 Å². The number of anilines is 1. The van der Waals surface area contributed by atoms with Crippen molar-refractivity contribution in [2.24, 2.45) is 0 Å². The van der Waals surface area contributed by atoms with Gasteiger partial charge in [-0.05, 0) is 30.0 Å². The van der Waals surface area contributed by atoms with Crippen molar-refractivity contribution >= 4 is 45.0 Å². The van der Waals surface area contributed by atoms with Gasteiger partial charge in [0.25, 0.3) is 5.56 Å². The highest BCUT2D eigenvalue weighted by molar-refractivity contribution is 8.01. The summed E-state index contributed by atoms with van der Waals surface area (Å²) in [6.07, 6.45) is 0. The number of fused-ring (bicyclic) bond motifs is 1. The molecule has 2 aromatic heterocycles. The SMILES string of the molecule is CCSc1nc2c(s1)c(=O)n(-c1ccccc1)c(=O)n2CC(=O)Nc1ccccc1OC. The van der Waals surface area contributed by atoms with Crippen molar-refractivity contribution in [3.63, 3.8) is 0 Å². The third-order valence-corrected chi connectivity index (χ3v) is 6.69. The van der Waals surface area contributed by atoms with Crippen LogP contribution in [0, 0.1) is 0 Å². The summed E-state index contributed by atoms with van der Waals surface area (Å²) < 4.78 is 8.59. The zero-order chi connectivity index (χ0) is 22.7. The second kappa shape index (κ2) is 9.41. The second-order valence-electron chi connectivity index (χ2n) is 6.66. The molecule has 0 unspecified atom stereocenters. The molecule has 4 rings (SSSR count). The lowest BCUT2D eigenvalue weighted by Gasteiger charge is -2.13. The molecule has 0 saturated carbocycles. The van der Waals surface area contributed by atoms with Gasteiger partial charge < -0.3 is 10.1 Å². The number of para-hydroxylation sites is 3. The molecule has 1 amide bonds. The van der Waals surface area contributed by atoms with Gasteiger partial charge in [0.2, 0.25) is 5.91 Å². The normalized spacial score (nSPS) is 10.9. The number of amides is 1. The summed E-state index contributed by atoms with van der Waals surface area (Å²) in [5.41, 5.74) is 0.0612. The Morgan fingerprint density at radius 1 is 1.12 bits per heavy atom. The number of methoxy groups -OCH3 is 1. The summed E-state index contributed by atoms with van der Waals surface area (Å²) in [7, 11) is 1.51. The summed E-state index contributed by atoms with van der Waals surface area (Å²) in [5, 5.41) is 2.77. The van der Waals surface area contributed by atoms with Crippen molar-refractivity contribution in [1.82, 2.24) is 14.1 Å². The number of carbonyl (C=O) groups is 1. The monoisotopic (exact) mass is 468 g/mol. The molecule has 0 bridgehead atoms. The first kappa shape index (κ1) is 21.8. The lowest BCUT2D eigenvalue weighted by atomic mass is 10.3. The van der Waals surface area contributed by atoms with E-state index in [1.54, 1.807) is 54.6 Å². The Morgan fingerprint density at radius 3 is 2.56 bits per heavy atom. The van der Waals surface area contributed by atoms with Crippen LogP contribution in [0.3, 0.4) is 0 Å². The molecular formula is C22H20N4O4S2. The van der Waals surface area contributed by atoms with Crippen molar-refractivity contribution in [1.29, 1.82) is 0 Å². The van der Waals surface area contributed by atoms with Crippen molar-refractivity contribution in [3.8, 4) is 11.4 Å². The maximum Gasteiger partial charge on any atom is 0.337 e. The number of hydrogen-bond donors (Lipinski definition) is 1. The van der Waals surface area contributed by atoms with Crippen molar-refractivity contribution in [2.45, 2.75) is 17.8 Å². The minimum atomic E-state index is -0.623. The third kappa shape index (κ3) is 4.19. The van der Waals surface area contributed by atoms with E-state index in [9.17, 15) is 14.4 Å². The Kier molecular flexibility index (Phi) is 6.42. The summed E-state index contributed by atoms with van der Waals surface area (Å²) in [6.45, 7) is 1.67. The summed E-state index contributed by atoms with van der Waals surface area (Å²) in [4.78, 5) is 43.9. The number of carbonyl (C=O) groups excluding carboxylic acids is 1. The number of nitrogens with zero attached hydrogens (tertiary/aromatic N) is 3. The Bertz CT molecular complexity index is 1390. The fraction of sp³-hybridized carbons (Fsp3) is 0.182. The molecule has 0 aliphatic rings. The number of benzene rings is 2. The molecule has 164 valence electrons. The maximum atomic E-state index is 13.4. The Morgan fingerprint density at radius 2 is 1.84 bits per heavy atom. The van der Waals surface area contributed by atoms with Gasteiger partial charge in [0.05, 0.1) is 18.5 Å². The van der Waals surface area contributed by atoms with Crippen molar-refractivity contribution in [2.75, 3.05) is 18.2 Å². The average molecular weight is 469 g/mol. The average Bonchev–Trinajstić information content (AvgIpc) is 3.22. The van der Waals surface area contributed by atoms with Crippen LogP contribution in [0.5, 0.6) is 5.75 Å². The summed E-state index contributed by atoms with van der Waals surface area (Å²) in [6, 6.07) is 15.6. The Hall–Kier alpha value is -3.37. The lowest BCUT2D eigenvalue weighted by molar-refractivity contribution is -0.116. The molecule has 4 aromatic rings. The number of aromatic nitrogens is 3. The van der Waals surface area contributed by atoms with Gasteiger partial charge in [0.1, 0.15) is 17.0 Å². The molecule has 2 aromatic carbocycles. The highest BCUT2D eigenvalue weighted by Gasteiger charge is 2.21. The molecule has 0 aliphatic carbocycles. The van der Waals surface area contributed by atoms with E-state index in [0.717, 1.165) is 10.3 Å². The molecule has 0 fully saturated rings. The molecule has 2 heterocycles. The smallest absolute Gasteiger partial charge is 0.337 e. The summed E-state index contributed by atoms with van der Waals surface area (Å²) in [5.74, 6) is 0.835. The maximum absolute atomic E-state index is 13.4. The standard InChI is InChI=1S/C22H20N4O4S2/c1-3-31-21-24-19-18(32-21)20(28)26(14-9-5-4-6-10-14)22(29)25(19)13-17(27)23-15-11-7-8-12-16(15)30-2/h4-12H,3,13H2,1-2H3,(H,23,27). The van der Waals surface area contributed by atoms with E-state index in [2.05, 4.69) is 10.3 Å². The van der Waals surface area contributed by atoms with Crippen molar-refractivity contribution < 1.29 is 9.53 Å². The van der Waals surface area contributed by atoms with Crippen LogP contribution in [0.1, 0.15) is 6.92 Å². The number of rotatable bonds is 7. The van der Waals surface area contributed by atoms with Gasteiger partial charge in [-0.25, -0.2) is 14.3 Å². The topological polar surface area (TPSA) is 95.2 Å². The lowest BCUT2D eigenvalue weighted by Crippen LogP contribution is -2.40. The van der Waals surface area contributed by atoms with E-state index in [0.29, 0.717) is 26.2 Å². The van der Waals surface area contributed by atoms with Gasteiger partial charge >= 0.3 is 5.69 Å². The zero-order valence-corrected chi connectivity index (χ0v) is 19.0. The number of nitrogens with one attached hydrogen (secondary N) is 1. The molecule has 0 radical (unpaired) electrons. The largest absolute Gasteiger partial charge is 0.495 e. The molecule has 0 atom stereocenters. The zero-order valence-electron chi connectivity index (χ0n) is 17.4. The molecule has 32 heavy (non-hydrogen) atoms. The fourth-order valence-electron chi connectivity index (χ4n) is 3.23. The molecule has 0 aliphatic heterocycles. The van der Waals surface area contributed by atoms with Gasteiger partial charge in [0.15, 0.2) is 9.99 Å². The molecule has 0 spiro atoms. The van der Waals surface area contributed by atoms with E-state index in [1.807, 2.05) is 6.92 Å². The highest BCUT2D eigenvalue weighted by Crippen LogP contribution is 2.27. The first-order chi connectivity index (χ1) is 15.5. The van der Waals surface area contributed by atoms with Crippen molar-refractivity contribution in [3.05, 3.63) is 75.4 Å². The first-order valence-corrected chi connectivity index (χ1v) is 11.6. The minimum Gasteiger partial charge on any atom is -0.495 e. The van der Waals surface area contributed by atoms with E-state index in [-0.39, 0.29) is 12.2 Å². The predicted octanol–water partition coefficient (Wildman–Crippen LogP) is 3.37. The molecule has 8 nitrogen and oxygen atoms in total. The Balaban J connectivity index is 1.83. The fourth-order valence-corrected chi connectivity index (χ4v) is 5.20. The van der Waals surface area contributed by atoms with Crippen LogP contribution in [0.15, 0.2) is 68.5 Å². The van der Waals surface area contributed by atoms with Gasteiger partial charge in [0, 0.05) is 0 Å². The second-order valence-corrected chi connectivity index (χ2v) is 9.17. The molecule has 10 heteroatoms. The van der Waals surface area contributed by atoms with Crippen LogP contribution < -0.4 is 21.3 Å². The van der Waals surface area contributed by atoms with Crippen LogP contribution in [0.4, 0.5) is 5.69 Å². The third-order valence-electron chi connectivity index (χ3n) is 4.63. The highest BCUT2D eigenvalue weighted by atomic mass is 32.2. The molecule has 0 saturated heterocycles. The van der Waals surface area contributed by atoms with Crippen LogP contribution in [-0.2, 0) is 11.3 Å². The van der Waals surface area contributed by atoms with E-state index in [4.69, 9.17) is 4.74 Å². The minimum absolute atomic E-state index is 0.211. The van der Waals surface area contributed by atoms with E-state index >= 15 is 0 Å². The van der Waals surface area contributed by atoms with E-state index < -0.39 is 17.2 Å². The van der Waals surface area contributed by atoms with Crippen LogP contribution in [0.25, 0.3) is 16.0 Å². The number of thiazole rings is 1. The van der Waals surface area contributed by atoms with Gasteiger partial charge in [-0.3, -0.25) is 14.2 Å². The summed E-state index contributed by atoms with van der Waals surface area (Å²) >= 11 is 2.70. The van der Waals surface area contributed by atoms with E-state index in [1.165, 1.54) is 34.8 Å². The Labute approximate surface area is 191 Å². The number of ether oxygens (including phenoxy) is 1. The molecule has 1 N–H and O–H groups in total. The molecular weight excluding hydrogens is 448 g/mol. The first-order valence-electron chi connectivity index (χ1n) is 9.81. The van der Waals surface area contributed by atoms with Gasteiger partial charge in [-0.2, -0.15) is 0 Å². The van der Waals surface area contributed by atoms with Gasteiger partial charge in [-0.1, -0.05) is 49.0 Å².